The van der Waals surface area contributed by atoms with E-state index in [9.17, 15) is 14.7 Å². The molecule has 0 saturated carbocycles. The van der Waals surface area contributed by atoms with Crippen LogP contribution in [0.1, 0.15) is 115 Å². The van der Waals surface area contributed by atoms with Crippen LogP contribution in [0, 0.1) is 5.92 Å². The standard InChI is InChI=1S/C26H43NO4/c1-21(2)15-13-11-9-7-5-3-4-6-8-10-12-14-16-24(28)31-25(26(29)30)22-17-19-23(27)20-18-22/h17-21,25H,3-16,27H2,1-2H3,(H,29,30). The highest BCUT2D eigenvalue weighted by molar-refractivity contribution is 5.79. The van der Waals surface area contributed by atoms with Crippen molar-refractivity contribution in [3.63, 3.8) is 0 Å². The summed E-state index contributed by atoms with van der Waals surface area (Å²) in [6.45, 7) is 4.59. The Hall–Kier alpha value is -2.04. The summed E-state index contributed by atoms with van der Waals surface area (Å²) in [5.74, 6) is -0.798. The van der Waals surface area contributed by atoms with E-state index in [4.69, 9.17) is 10.5 Å². The predicted octanol–water partition coefficient (Wildman–Crippen LogP) is 7.06. The molecule has 0 amide bonds. The molecule has 5 heteroatoms. The molecule has 0 aliphatic heterocycles. The molecule has 0 aromatic heterocycles. The van der Waals surface area contributed by atoms with Gasteiger partial charge in [0.25, 0.3) is 0 Å². The Labute approximate surface area is 188 Å². The molecule has 0 radical (unpaired) electrons. The van der Waals surface area contributed by atoms with Crippen LogP contribution in [0.3, 0.4) is 0 Å². The molecule has 1 aromatic rings. The lowest BCUT2D eigenvalue weighted by molar-refractivity contribution is -0.164. The van der Waals surface area contributed by atoms with Gasteiger partial charge in [0.05, 0.1) is 0 Å². The molecule has 0 heterocycles. The zero-order valence-electron chi connectivity index (χ0n) is 19.6. The van der Waals surface area contributed by atoms with Gasteiger partial charge in [-0.2, -0.15) is 0 Å². The van der Waals surface area contributed by atoms with E-state index < -0.39 is 18.0 Å². The Morgan fingerprint density at radius 1 is 0.806 bits per heavy atom. The fourth-order valence-electron chi connectivity index (χ4n) is 3.71. The third-order valence-corrected chi connectivity index (χ3v) is 5.63. The second kappa shape index (κ2) is 16.6. The number of esters is 1. The van der Waals surface area contributed by atoms with Crippen LogP contribution >= 0.6 is 0 Å². The summed E-state index contributed by atoms with van der Waals surface area (Å²) in [5.41, 5.74) is 6.58. The van der Waals surface area contributed by atoms with Gasteiger partial charge >= 0.3 is 11.9 Å². The molecule has 1 aromatic carbocycles. The van der Waals surface area contributed by atoms with Gasteiger partial charge in [0.2, 0.25) is 6.10 Å². The highest BCUT2D eigenvalue weighted by Crippen LogP contribution is 2.21. The number of rotatable bonds is 18. The molecule has 3 N–H and O–H groups in total. The summed E-state index contributed by atoms with van der Waals surface area (Å²) in [7, 11) is 0. The highest BCUT2D eigenvalue weighted by atomic mass is 16.6. The van der Waals surface area contributed by atoms with Crippen molar-refractivity contribution in [2.45, 2.75) is 110 Å². The van der Waals surface area contributed by atoms with Crippen molar-refractivity contribution in [3.05, 3.63) is 29.8 Å². The minimum atomic E-state index is -1.27. The first-order chi connectivity index (χ1) is 14.9. The average molecular weight is 434 g/mol. The van der Waals surface area contributed by atoms with E-state index in [1.165, 1.54) is 64.2 Å². The summed E-state index contributed by atoms with van der Waals surface area (Å²) in [4.78, 5) is 23.4. The van der Waals surface area contributed by atoms with Gasteiger partial charge in [-0.25, -0.2) is 4.79 Å². The normalized spacial score (nSPS) is 12.1. The maximum atomic E-state index is 12.0. The van der Waals surface area contributed by atoms with Crippen LogP contribution < -0.4 is 5.73 Å². The average Bonchev–Trinajstić information content (AvgIpc) is 2.72. The van der Waals surface area contributed by atoms with Crippen LogP contribution in [0.25, 0.3) is 0 Å². The second-order valence-corrected chi connectivity index (χ2v) is 9.05. The zero-order valence-corrected chi connectivity index (χ0v) is 19.6. The predicted molar refractivity (Wildman–Crippen MR) is 127 cm³/mol. The van der Waals surface area contributed by atoms with Gasteiger partial charge in [-0.05, 0) is 24.5 Å². The zero-order chi connectivity index (χ0) is 22.9. The molecule has 0 bridgehead atoms. The number of aliphatic carboxylic acids is 1. The number of ether oxygens (including phenoxy) is 1. The number of hydrogen-bond acceptors (Lipinski definition) is 4. The molecule has 0 aliphatic rings. The number of anilines is 1. The maximum Gasteiger partial charge on any atom is 0.349 e. The smallest absolute Gasteiger partial charge is 0.349 e. The van der Waals surface area contributed by atoms with Crippen LogP contribution in [-0.4, -0.2) is 17.0 Å². The maximum absolute atomic E-state index is 12.0. The molecular weight excluding hydrogens is 390 g/mol. The number of unbranched alkanes of at least 4 members (excludes halogenated alkanes) is 11. The number of nitrogens with two attached hydrogens (primary N) is 1. The molecule has 0 aliphatic carbocycles. The van der Waals surface area contributed by atoms with E-state index in [-0.39, 0.29) is 6.42 Å². The Kier molecular flexibility index (Phi) is 14.5. The minimum absolute atomic E-state index is 0.259. The summed E-state index contributed by atoms with van der Waals surface area (Å²) < 4.78 is 5.18. The number of hydrogen-bond donors (Lipinski definition) is 2. The largest absolute Gasteiger partial charge is 0.478 e. The molecule has 176 valence electrons. The van der Waals surface area contributed by atoms with Gasteiger partial charge in [0, 0.05) is 17.7 Å². The summed E-state index contributed by atoms with van der Waals surface area (Å²) in [6.07, 6.45) is 15.1. The van der Waals surface area contributed by atoms with Crippen molar-refractivity contribution < 1.29 is 19.4 Å². The first-order valence-electron chi connectivity index (χ1n) is 12.2. The fraction of sp³-hybridized carbons (Fsp3) is 0.692. The SMILES string of the molecule is CC(C)CCCCCCCCCCCCCCC(=O)OC(C(=O)O)c1ccc(N)cc1. The third kappa shape index (κ3) is 13.8. The van der Waals surface area contributed by atoms with Crippen molar-refractivity contribution in [2.24, 2.45) is 5.92 Å². The number of carbonyl (C=O) groups is 2. The van der Waals surface area contributed by atoms with E-state index >= 15 is 0 Å². The Morgan fingerprint density at radius 3 is 1.71 bits per heavy atom. The van der Waals surface area contributed by atoms with Crippen LogP contribution in [0.2, 0.25) is 0 Å². The van der Waals surface area contributed by atoms with E-state index in [1.54, 1.807) is 24.3 Å². The molecule has 1 unspecified atom stereocenters. The topological polar surface area (TPSA) is 89.6 Å². The van der Waals surface area contributed by atoms with E-state index in [0.29, 0.717) is 11.3 Å². The molecule has 5 nitrogen and oxygen atoms in total. The molecule has 31 heavy (non-hydrogen) atoms. The lowest BCUT2D eigenvalue weighted by Crippen LogP contribution is -2.19. The summed E-state index contributed by atoms with van der Waals surface area (Å²) in [5, 5.41) is 9.34. The van der Waals surface area contributed by atoms with E-state index in [1.807, 2.05) is 0 Å². The van der Waals surface area contributed by atoms with Crippen LogP contribution in [-0.2, 0) is 14.3 Å². The monoisotopic (exact) mass is 433 g/mol. The van der Waals surface area contributed by atoms with Gasteiger partial charge in [-0.15, -0.1) is 0 Å². The van der Waals surface area contributed by atoms with Crippen LogP contribution in [0.5, 0.6) is 0 Å². The summed E-state index contributed by atoms with van der Waals surface area (Å²) >= 11 is 0. The number of nitrogen functional groups attached to an aromatic ring is 1. The van der Waals surface area contributed by atoms with Gasteiger partial charge in [-0.3, -0.25) is 4.79 Å². The third-order valence-electron chi connectivity index (χ3n) is 5.63. The van der Waals surface area contributed by atoms with Crippen molar-refractivity contribution >= 4 is 17.6 Å². The van der Waals surface area contributed by atoms with Crippen molar-refractivity contribution in [1.82, 2.24) is 0 Å². The molecular formula is C26H43NO4. The number of carboxylic acids is 1. The summed E-state index contributed by atoms with van der Waals surface area (Å²) in [6, 6.07) is 6.36. The van der Waals surface area contributed by atoms with E-state index in [0.717, 1.165) is 25.2 Å². The number of benzene rings is 1. The molecule has 1 rings (SSSR count). The lowest BCUT2D eigenvalue weighted by atomic mass is 10.0. The molecule has 1 atom stereocenters. The number of carboxylic acid groups (broad SMARTS) is 1. The van der Waals surface area contributed by atoms with Gasteiger partial charge in [0.1, 0.15) is 0 Å². The Bertz CT molecular complexity index is 612. The molecule has 0 fully saturated rings. The number of carbonyl (C=O) groups excluding carboxylic acids is 1. The first kappa shape index (κ1) is 27.0. The van der Waals surface area contributed by atoms with Crippen LogP contribution in [0.15, 0.2) is 24.3 Å². The second-order valence-electron chi connectivity index (χ2n) is 9.05. The quantitative estimate of drug-likeness (QED) is 0.147. The highest BCUT2D eigenvalue weighted by Gasteiger charge is 2.24. The van der Waals surface area contributed by atoms with Crippen LogP contribution in [0.4, 0.5) is 5.69 Å². The Morgan fingerprint density at radius 2 is 1.26 bits per heavy atom. The minimum Gasteiger partial charge on any atom is -0.478 e. The first-order valence-corrected chi connectivity index (χ1v) is 12.2. The van der Waals surface area contributed by atoms with Gasteiger partial charge in [0.15, 0.2) is 0 Å². The Balaban J connectivity index is 2.00. The van der Waals surface area contributed by atoms with Gasteiger partial charge in [-0.1, -0.05) is 103 Å². The lowest BCUT2D eigenvalue weighted by Gasteiger charge is -2.14. The molecule has 0 saturated heterocycles. The van der Waals surface area contributed by atoms with Gasteiger partial charge < -0.3 is 15.6 Å². The van der Waals surface area contributed by atoms with Crippen molar-refractivity contribution in [3.8, 4) is 0 Å². The van der Waals surface area contributed by atoms with Crippen molar-refractivity contribution in [1.29, 1.82) is 0 Å². The fourth-order valence-corrected chi connectivity index (χ4v) is 3.71. The molecule has 0 spiro atoms. The van der Waals surface area contributed by atoms with Crippen molar-refractivity contribution in [2.75, 3.05) is 5.73 Å². The van der Waals surface area contributed by atoms with E-state index in [2.05, 4.69) is 13.8 Å².